The number of alkyl halides is 3. The van der Waals surface area contributed by atoms with Gasteiger partial charge >= 0.3 is 12.1 Å². The molecule has 0 saturated carbocycles. The lowest BCUT2D eigenvalue weighted by molar-refractivity contribution is -0.137. The number of hydrogen-bond donors (Lipinski definition) is 2. The topological polar surface area (TPSA) is 50.4 Å². The molecular weight excluding hydrogens is 389 g/mol. The Morgan fingerprint density at radius 2 is 1.96 bits per heavy atom. The number of halogens is 3. The molecule has 3 rings (SSSR count). The van der Waals surface area contributed by atoms with Crippen LogP contribution in [0.2, 0.25) is 0 Å². The molecule has 0 spiro atoms. The van der Waals surface area contributed by atoms with Crippen molar-refractivity contribution in [2.24, 2.45) is 0 Å². The molecule has 0 aromatic heterocycles. The minimum Gasteiger partial charge on any atom is -0.460 e. The van der Waals surface area contributed by atoms with Crippen LogP contribution in [-0.2, 0) is 17.3 Å². The number of carbonyl (C=O) groups is 1. The Balaban J connectivity index is 1.42. The van der Waals surface area contributed by atoms with E-state index in [1.165, 1.54) is 23.3 Å². The lowest BCUT2D eigenvalue weighted by Crippen LogP contribution is -2.38. The van der Waals surface area contributed by atoms with Crippen molar-refractivity contribution in [3.8, 4) is 0 Å². The zero-order valence-electron chi connectivity index (χ0n) is 14.9. The van der Waals surface area contributed by atoms with E-state index in [1.807, 2.05) is 12.1 Å². The number of benzene rings is 2. The van der Waals surface area contributed by atoms with Crippen LogP contribution in [0.4, 0.5) is 13.2 Å². The van der Waals surface area contributed by atoms with Crippen LogP contribution in [0.1, 0.15) is 39.5 Å². The first-order valence-electron chi connectivity index (χ1n) is 8.81. The highest BCUT2D eigenvalue weighted by Gasteiger charge is 2.31. The van der Waals surface area contributed by atoms with Crippen molar-refractivity contribution < 1.29 is 22.7 Å². The molecule has 0 fully saturated rings. The van der Waals surface area contributed by atoms with Gasteiger partial charge < -0.3 is 15.4 Å². The third kappa shape index (κ3) is 5.01. The minimum atomic E-state index is -4.51. The van der Waals surface area contributed by atoms with E-state index in [9.17, 15) is 18.0 Å². The Hall–Kier alpha value is -2.61. The average molecular weight is 408 g/mol. The molecule has 2 N–H and O–H groups in total. The summed E-state index contributed by atoms with van der Waals surface area (Å²) in [6.07, 6.45) is -2.56. The van der Waals surface area contributed by atoms with Gasteiger partial charge in [-0.05, 0) is 54.4 Å². The lowest BCUT2D eigenvalue weighted by Gasteiger charge is -2.17. The van der Waals surface area contributed by atoms with E-state index in [0.29, 0.717) is 5.11 Å². The van der Waals surface area contributed by atoms with Crippen LogP contribution in [-0.4, -0.2) is 24.2 Å². The van der Waals surface area contributed by atoms with Crippen molar-refractivity contribution >= 4 is 23.3 Å². The third-order valence-corrected chi connectivity index (χ3v) is 4.75. The number of aryl methyl sites for hydroxylation is 1. The maximum Gasteiger partial charge on any atom is 0.416 e. The quantitative estimate of drug-likeness (QED) is 0.445. The normalized spacial score (nSPS) is 15.6. The number of fused-ring (bicyclic) bond motifs is 1. The van der Waals surface area contributed by atoms with Gasteiger partial charge in [-0.1, -0.05) is 30.3 Å². The van der Waals surface area contributed by atoms with Crippen LogP contribution in [0.3, 0.4) is 0 Å². The second kappa shape index (κ2) is 8.60. The zero-order valence-corrected chi connectivity index (χ0v) is 15.7. The molecule has 0 heterocycles. The standard InChI is InChI=1S/C20H19F3N2O2S/c21-20(22,23)15-6-3-5-14(12-15)18(26)27-11-10-24-19(28)25-17-9-8-13-4-1-2-7-16(13)17/h1-7,12,17H,8-11H2,(H2,24,25,28)/t17-/m0/s1. The van der Waals surface area contributed by atoms with Crippen molar-refractivity contribution in [1.82, 2.24) is 10.6 Å². The Kier molecular flexibility index (Phi) is 6.18. The summed E-state index contributed by atoms with van der Waals surface area (Å²) in [6, 6.07) is 12.5. The first-order chi connectivity index (χ1) is 13.3. The molecule has 0 amide bonds. The van der Waals surface area contributed by atoms with Crippen LogP contribution >= 0.6 is 12.2 Å². The summed E-state index contributed by atoms with van der Waals surface area (Å²) >= 11 is 5.26. The summed E-state index contributed by atoms with van der Waals surface area (Å²) in [5.41, 5.74) is 1.50. The number of rotatable bonds is 5. The minimum absolute atomic E-state index is 0.0157. The van der Waals surface area contributed by atoms with Crippen LogP contribution < -0.4 is 10.6 Å². The summed E-state index contributed by atoms with van der Waals surface area (Å²) < 4.78 is 43.1. The molecule has 2 aromatic carbocycles. The van der Waals surface area contributed by atoms with Gasteiger partial charge in [0.2, 0.25) is 0 Å². The summed E-state index contributed by atoms with van der Waals surface area (Å²) in [7, 11) is 0. The molecule has 0 aliphatic heterocycles. The predicted molar refractivity (Wildman–Crippen MR) is 103 cm³/mol. The van der Waals surface area contributed by atoms with Gasteiger partial charge in [-0.3, -0.25) is 0 Å². The SMILES string of the molecule is O=C(OCCNC(=S)N[C@H]1CCc2ccccc21)c1cccc(C(F)(F)F)c1. The predicted octanol–water partition coefficient (Wildman–Crippen LogP) is 4.01. The Labute approximate surface area is 166 Å². The highest BCUT2D eigenvalue weighted by atomic mass is 32.1. The molecule has 148 valence electrons. The first-order valence-corrected chi connectivity index (χ1v) is 9.22. The fraction of sp³-hybridized carbons (Fsp3) is 0.300. The molecule has 1 atom stereocenters. The molecule has 4 nitrogen and oxygen atoms in total. The van der Waals surface area contributed by atoms with Gasteiger partial charge in [0.1, 0.15) is 6.61 Å². The van der Waals surface area contributed by atoms with Gasteiger partial charge in [-0.25, -0.2) is 4.79 Å². The molecule has 0 bridgehead atoms. The number of ether oxygens (including phenoxy) is 1. The monoisotopic (exact) mass is 408 g/mol. The van der Waals surface area contributed by atoms with Gasteiger partial charge in [0.25, 0.3) is 0 Å². The third-order valence-electron chi connectivity index (χ3n) is 4.48. The van der Waals surface area contributed by atoms with E-state index in [0.717, 1.165) is 25.0 Å². The summed E-state index contributed by atoms with van der Waals surface area (Å²) in [4.78, 5) is 11.9. The van der Waals surface area contributed by atoms with Crippen molar-refractivity contribution in [1.29, 1.82) is 0 Å². The average Bonchev–Trinajstić information content (AvgIpc) is 3.07. The Bertz CT molecular complexity index is 871. The van der Waals surface area contributed by atoms with Crippen molar-refractivity contribution in [2.75, 3.05) is 13.2 Å². The van der Waals surface area contributed by atoms with Crippen LogP contribution in [0, 0.1) is 0 Å². The zero-order chi connectivity index (χ0) is 20.1. The smallest absolute Gasteiger partial charge is 0.416 e. The molecule has 0 radical (unpaired) electrons. The Morgan fingerprint density at radius 1 is 1.18 bits per heavy atom. The van der Waals surface area contributed by atoms with Crippen molar-refractivity contribution in [3.63, 3.8) is 0 Å². The summed E-state index contributed by atoms with van der Waals surface area (Å²) in [5, 5.41) is 6.62. The molecule has 1 aliphatic carbocycles. The molecule has 0 saturated heterocycles. The van der Waals surface area contributed by atoms with Gasteiger partial charge in [-0.2, -0.15) is 13.2 Å². The Morgan fingerprint density at radius 3 is 2.75 bits per heavy atom. The van der Waals surface area contributed by atoms with E-state index >= 15 is 0 Å². The van der Waals surface area contributed by atoms with Crippen molar-refractivity contribution in [3.05, 3.63) is 70.8 Å². The molecule has 2 aromatic rings. The van der Waals surface area contributed by atoms with E-state index < -0.39 is 17.7 Å². The fourth-order valence-electron chi connectivity index (χ4n) is 3.13. The number of esters is 1. The molecule has 1 aliphatic rings. The largest absolute Gasteiger partial charge is 0.460 e. The molecular formula is C20H19F3N2O2S. The van der Waals surface area contributed by atoms with Crippen LogP contribution in [0.15, 0.2) is 48.5 Å². The number of carbonyl (C=O) groups excluding carboxylic acids is 1. The van der Waals surface area contributed by atoms with Crippen LogP contribution in [0.5, 0.6) is 0 Å². The van der Waals surface area contributed by atoms with Gasteiger partial charge in [-0.15, -0.1) is 0 Å². The fourth-order valence-corrected chi connectivity index (χ4v) is 3.37. The first kappa shape index (κ1) is 20.1. The van der Waals surface area contributed by atoms with E-state index in [2.05, 4.69) is 22.8 Å². The number of hydrogen-bond acceptors (Lipinski definition) is 3. The molecule has 8 heteroatoms. The van der Waals surface area contributed by atoms with E-state index in [-0.39, 0.29) is 24.8 Å². The summed E-state index contributed by atoms with van der Waals surface area (Å²) in [6.45, 7) is 0.239. The van der Waals surface area contributed by atoms with Gasteiger partial charge in [0, 0.05) is 0 Å². The summed E-state index contributed by atoms with van der Waals surface area (Å²) in [5.74, 6) is -0.809. The maximum absolute atomic E-state index is 12.7. The van der Waals surface area contributed by atoms with Gasteiger partial charge in [0.05, 0.1) is 23.7 Å². The van der Waals surface area contributed by atoms with E-state index in [4.69, 9.17) is 17.0 Å². The maximum atomic E-state index is 12.7. The second-order valence-corrected chi connectivity index (χ2v) is 6.81. The number of thiocarbonyl (C=S) groups is 1. The van der Waals surface area contributed by atoms with Crippen LogP contribution in [0.25, 0.3) is 0 Å². The van der Waals surface area contributed by atoms with Crippen molar-refractivity contribution in [2.45, 2.75) is 25.1 Å². The molecule has 0 unspecified atom stereocenters. The highest BCUT2D eigenvalue weighted by molar-refractivity contribution is 7.80. The second-order valence-electron chi connectivity index (χ2n) is 6.40. The number of nitrogens with one attached hydrogen (secondary N) is 2. The molecule has 28 heavy (non-hydrogen) atoms. The van der Waals surface area contributed by atoms with E-state index in [1.54, 1.807) is 0 Å². The lowest BCUT2D eigenvalue weighted by atomic mass is 10.1. The van der Waals surface area contributed by atoms with Gasteiger partial charge in [0.15, 0.2) is 5.11 Å². The highest BCUT2D eigenvalue weighted by Crippen LogP contribution is 2.31.